The van der Waals surface area contributed by atoms with Crippen LogP contribution in [0.5, 0.6) is 5.75 Å². The van der Waals surface area contributed by atoms with E-state index >= 15 is 0 Å². The Hall–Kier alpha value is -3.41. The molecule has 3 aromatic rings. The molecule has 0 bridgehead atoms. The topological polar surface area (TPSA) is 58.6 Å². The molecule has 0 aliphatic heterocycles. The van der Waals surface area contributed by atoms with E-state index in [1.807, 2.05) is 50.2 Å². The molecule has 5 nitrogen and oxygen atoms in total. The molecule has 0 fully saturated rings. The van der Waals surface area contributed by atoms with Crippen molar-refractivity contribution in [2.75, 3.05) is 6.61 Å². The predicted octanol–water partition coefficient (Wildman–Crippen LogP) is 4.69. The second kappa shape index (κ2) is 10.8. The lowest BCUT2D eigenvalue weighted by Gasteiger charge is -2.29. The third kappa shape index (κ3) is 5.63. The van der Waals surface area contributed by atoms with Crippen LogP contribution in [-0.4, -0.2) is 35.4 Å². The van der Waals surface area contributed by atoms with Gasteiger partial charge in [-0.25, -0.2) is 4.39 Å². The summed E-state index contributed by atoms with van der Waals surface area (Å²) in [5.41, 5.74) is 0.342. The molecule has 0 aliphatic rings. The largest absolute Gasteiger partial charge is 0.483 e. The van der Waals surface area contributed by atoms with Gasteiger partial charge in [-0.3, -0.25) is 9.59 Å². The SMILES string of the molecule is CC[C@@H](C)NC(=O)[C@@H](C)N(Cc1ccccc1F)C(=O)COc1cccc2ccccc12. The maximum atomic E-state index is 14.3. The molecule has 0 spiro atoms. The average Bonchev–Trinajstić information content (AvgIpc) is 2.81. The van der Waals surface area contributed by atoms with E-state index in [1.54, 1.807) is 31.2 Å². The van der Waals surface area contributed by atoms with Gasteiger partial charge in [0.15, 0.2) is 6.61 Å². The number of nitrogens with one attached hydrogen (secondary N) is 1. The number of benzene rings is 3. The Bertz CT molecular complexity index is 1080. The Morgan fingerprint density at radius 3 is 2.44 bits per heavy atom. The lowest BCUT2D eigenvalue weighted by molar-refractivity contribution is -0.142. The molecular formula is C26H29FN2O3. The van der Waals surface area contributed by atoms with Crippen LogP contribution in [0.2, 0.25) is 0 Å². The molecule has 1 N–H and O–H groups in total. The molecular weight excluding hydrogens is 407 g/mol. The Morgan fingerprint density at radius 2 is 1.69 bits per heavy atom. The van der Waals surface area contributed by atoms with Gasteiger partial charge in [0.25, 0.3) is 5.91 Å². The molecule has 0 saturated carbocycles. The first-order chi connectivity index (χ1) is 15.4. The van der Waals surface area contributed by atoms with Gasteiger partial charge in [-0.2, -0.15) is 0 Å². The van der Waals surface area contributed by atoms with E-state index < -0.39 is 17.8 Å². The van der Waals surface area contributed by atoms with Crippen LogP contribution in [0.15, 0.2) is 66.7 Å². The summed E-state index contributed by atoms with van der Waals surface area (Å²) in [5.74, 6) is -0.518. The number of carbonyl (C=O) groups is 2. The van der Waals surface area contributed by atoms with Crippen molar-refractivity contribution in [2.24, 2.45) is 0 Å². The number of hydrogen-bond donors (Lipinski definition) is 1. The van der Waals surface area contributed by atoms with Crippen molar-refractivity contribution >= 4 is 22.6 Å². The fraction of sp³-hybridized carbons (Fsp3) is 0.308. The monoisotopic (exact) mass is 436 g/mol. The summed E-state index contributed by atoms with van der Waals surface area (Å²) in [4.78, 5) is 27.3. The highest BCUT2D eigenvalue weighted by Gasteiger charge is 2.28. The van der Waals surface area contributed by atoms with Crippen molar-refractivity contribution < 1.29 is 18.7 Å². The van der Waals surface area contributed by atoms with Gasteiger partial charge in [0.1, 0.15) is 17.6 Å². The molecule has 0 aliphatic carbocycles. The minimum Gasteiger partial charge on any atom is -0.483 e. The zero-order valence-corrected chi connectivity index (χ0v) is 18.7. The van der Waals surface area contributed by atoms with Gasteiger partial charge < -0.3 is 15.0 Å². The molecule has 6 heteroatoms. The Balaban J connectivity index is 1.80. The number of amides is 2. The standard InChI is InChI=1S/C26H29FN2O3/c1-4-18(2)28-26(31)19(3)29(16-21-11-6-8-14-23(21)27)25(30)17-32-24-15-9-12-20-10-5-7-13-22(20)24/h5-15,18-19H,4,16-17H2,1-3H3,(H,28,31)/t18-,19-/m1/s1. The third-order valence-corrected chi connectivity index (χ3v) is 5.57. The van der Waals surface area contributed by atoms with Crippen LogP contribution in [0, 0.1) is 5.82 Å². The fourth-order valence-corrected chi connectivity index (χ4v) is 3.40. The van der Waals surface area contributed by atoms with Crippen LogP contribution in [0.25, 0.3) is 10.8 Å². The molecule has 2 atom stereocenters. The van der Waals surface area contributed by atoms with E-state index in [1.165, 1.54) is 11.0 Å². The number of halogens is 1. The maximum absolute atomic E-state index is 14.3. The highest BCUT2D eigenvalue weighted by molar-refractivity contribution is 5.90. The van der Waals surface area contributed by atoms with Crippen LogP contribution in [0.4, 0.5) is 4.39 Å². The molecule has 0 heterocycles. The molecule has 3 rings (SSSR count). The Labute approximate surface area is 188 Å². The van der Waals surface area contributed by atoms with E-state index in [-0.39, 0.29) is 25.1 Å². The van der Waals surface area contributed by atoms with E-state index in [0.29, 0.717) is 11.3 Å². The molecule has 0 aromatic heterocycles. The van der Waals surface area contributed by atoms with E-state index in [2.05, 4.69) is 5.32 Å². The molecule has 0 saturated heterocycles. The lowest BCUT2D eigenvalue weighted by atomic mass is 10.1. The number of fused-ring (bicyclic) bond motifs is 1. The van der Waals surface area contributed by atoms with Crippen LogP contribution >= 0.6 is 0 Å². The Morgan fingerprint density at radius 1 is 1.00 bits per heavy atom. The molecule has 168 valence electrons. The minimum atomic E-state index is -0.785. The number of rotatable bonds is 9. The highest BCUT2D eigenvalue weighted by Crippen LogP contribution is 2.25. The Kier molecular flexibility index (Phi) is 7.82. The van der Waals surface area contributed by atoms with Gasteiger partial charge in [-0.1, -0.05) is 61.5 Å². The van der Waals surface area contributed by atoms with Crippen LogP contribution in [0.1, 0.15) is 32.8 Å². The first-order valence-corrected chi connectivity index (χ1v) is 10.8. The second-order valence-electron chi connectivity index (χ2n) is 7.87. The summed E-state index contributed by atoms with van der Waals surface area (Å²) in [6, 6.07) is 18.8. The smallest absolute Gasteiger partial charge is 0.261 e. The summed E-state index contributed by atoms with van der Waals surface area (Å²) in [6.45, 7) is 5.23. The number of ether oxygens (including phenoxy) is 1. The van der Waals surface area contributed by atoms with Gasteiger partial charge in [-0.05, 0) is 37.8 Å². The van der Waals surface area contributed by atoms with Crippen molar-refractivity contribution in [1.29, 1.82) is 0 Å². The van der Waals surface area contributed by atoms with Gasteiger partial charge in [0, 0.05) is 23.5 Å². The third-order valence-electron chi connectivity index (χ3n) is 5.57. The zero-order valence-electron chi connectivity index (χ0n) is 18.7. The summed E-state index contributed by atoms with van der Waals surface area (Å²) in [7, 11) is 0. The molecule has 0 radical (unpaired) electrons. The molecule has 0 unspecified atom stereocenters. The zero-order chi connectivity index (χ0) is 23.1. The van der Waals surface area contributed by atoms with Gasteiger partial charge >= 0.3 is 0 Å². The van der Waals surface area contributed by atoms with Crippen LogP contribution < -0.4 is 10.1 Å². The average molecular weight is 437 g/mol. The van der Waals surface area contributed by atoms with Crippen molar-refractivity contribution in [3.63, 3.8) is 0 Å². The summed E-state index contributed by atoms with van der Waals surface area (Å²) in [6.07, 6.45) is 0.768. The fourth-order valence-electron chi connectivity index (χ4n) is 3.40. The van der Waals surface area contributed by atoms with Crippen LogP contribution in [-0.2, 0) is 16.1 Å². The van der Waals surface area contributed by atoms with E-state index in [9.17, 15) is 14.0 Å². The molecule has 2 amide bonds. The van der Waals surface area contributed by atoms with Crippen molar-refractivity contribution in [1.82, 2.24) is 10.2 Å². The number of hydrogen-bond acceptors (Lipinski definition) is 3. The van der Waals surface area contributed by atoms with E-state index in [0.717, 1.165) is 17.2 Å². The van der Waals surface area contributed by atoms with Gasteiger partial charge in [0.2, 0.25) is 5.91 Å². The van der Waals surface area contributed by atoms with Gasteiger partial charge in [-0.15, -0.1) is 0 Å². The molecule has 3 aromatic carbocycles. The van der Waals surface area contributed by atoms with E-state index in [4.69, 9.17) is 4.74 Å². The quantitative estimate of drug-likeness (QED) is 0.529. The first-order valence-electron chi connectivity index (χ1n) is 10.8. The number of nitrogens with zero attached hydrogens (tertiary/aromatic N) is 1. The molecule has 32 heavy (non-hydrogen) atoms. The number of carbonyl (C=O) groups excluding carboxylic acids is 2. The minimum absolute atomic E-state index is 0.0257. The highest BCUT2D eigenvalue weighted by atomic mass is 19.1. The summed E-state index contributed by atoms with van der Waals surface area (Å²) < 4.78 is 20.1. The maximum Gasteiger partial charge on any atom is 0.261 e. The first kappa shape index (κ1) is 23.3. The van der Waals surface area contributed by atoms with Crippen molar-refractivity contribution in [3.05, 3.63) is 78.1 Å². The normalized spacial score (nSPS) is 12.8. The predicted molar refractivity (Wildman–Crippen MR) is 124 cm³/mol. The second-order valence-corrected chi connectivity index (χ2v) is 7.87. The lowest BCUT2D eigenvalue weighted by Crippen LogP contribution is -2.50. The van der Waals surface area contributed by atoms with Gasteiger partial charge in [0.05, 0.1) is 0 Å². The summed E-state index contributed by atoms with van der Waals surface area (Å²) >= 11 is 0. The van der Waals surface area contributed by atoms with Crippen LogP contribution in [0.3, 0.4) is 0 Å². The summed E-state index contributed by atoms with van der Waals surface area (Å²) in [5, 5.41) is 4.79. The van der Waals surface area contributed by atoms with Crippen molar-refractivity contribution in [3.8, 4) is 5.75 Å². The van der Waals surface area contributed by atoms with Crippen molar-refractivity contribution in [2.45, 2.75) is 45.8 Å².